The highest BCUT2D eigenvalue weighted by Gasteiger charge is 2.41. The van der Waals surface area contributed by atoms with Crippen LogP contribution in [0.3, 0.4) is 0 Å². The number of ether oxygens (including phenoxy) is 1. The number of halogens is 2. The molecule has 1 aromatic carbocycles. The predicted octanol–water partition coefficient (Wildman–Crippen LogP) is 4.07. The van der Waals surface area contributed by atoms with Crippen molar-refractivity contribution in [3.8, 4) is 0 Å². The maximum atomic E-state index is 13.4. The summed E-state index contributed by atoms with van der Waals surface area (Å²) in [7, 11) is 1.69. The first kappa shape index (κ1) is 14.8. The molecule has 1 fully saturated rings. The molecule has 2 rings (SSSR count). The summed E-state index contributed by atoms with van der Waals surface area (Å²) in [5.74, 6) is 0.247. The smallest absolute Gasteiger partial charge is 0.123 e. The highest BCUT2D eigenvalue weighted by molar-refractivity contribution is 6.31. The van der Waals surface area contributed by atoms with Gasteiger partial charge in [-0.05, 0) is 42.5 Å². The minimum atomic E-state index is -0.435. The summed E-state index contributed by atoms with van der Waals surface area (Å²) in [6, 6.07) is 3.93. The van der Waals surface area contributed by atoms with Gasteiger partial charge in [-0.15, -0.1) is 0 Å². The molecule has 0 aromatic heterocycles. The fourth-order valence-electron chi connectivity index (χ4n) is 3.17. The summed E-state index contributed by atoms with van der Waals surface area (Å²) in [5.41, 5.74) is 6.57. The molecule has 1 aliphatic rings. The molecular weight excluding hydrogens is 265 g/mol. The van der Waals surface area contributed by atoms with Crippen LogP contribution in [0.1, 0.15) is 44.2 Å². The summed E-state index contributed by atoms with van der Waals surface area (Å²) in [6.07, 6.45) is 4.05. The van der Waals surface area contributed by atoms with Gasteiger partial charge in [0.25, 0.3) is 0 Å². The van der Waals surface area contributed by atoms with Gasteiger partial charge < -0.3 is 10.5 Å². The second-order valence-electron chi connectivity index (χ2n) is 5.61. The average molecular weight is 286 g/mol. The Morgan fingerprint density at radius 2 is 2.26 bits per heavy atom. The minimum Gasteiger partial charge on any atom is -0.376 e. The molecule has 0 saturated heterocycles. The van der Waals surface area contributed by atoms with E-state index in [0.29, 0.717) is 16.5 Å². The first-order chi connectivity index (χ1) is 8.98. The summed E-state index contributed by atoms with van der Waals surface area (Å²) in [4.78, 5) is 0. The number of hydrogen-bond acceptors (Lipinski definition) is 2. The summed E-state index contributed by atoms with van der Waals surface area (Å²) >= 11 is 6.16. The molecule has 2 nitrogen and oxygen atoms in total. The molecule has 0 heterocycles. The maximum Gasteiger partial charge on any atom is 0.123 e. The van der Waals surface area contributed by atoms with Gasteiger partial charge in [0.1, 0.15) is 5.82 Å². The molecule has 0 amide bonds. The van der Waals surface area contributed by atoms with Crippen LogP contribution in [0, 0.1) is 11.7 Å². The Morgan fingerprint density at radius 3 is 2.89 bits per heavy atom. The molecule has 0 radical (unpaired) electrons. The lowest BCUT2D eigenvalue weighted by Gasteiger charge is -2.43. The molecule has 0 bridgehead atoms. The number of methoxy groups -OCH3 is 1. The van der Waals surface area contributed by atoms with Gasteiger partial charge in [0.15, 0.2) is 0 Å². The van der Waals surface area contributed by atoms with Crippen LogP contribution in [0.15, 0.2) is 18.2 Å². The van der Waals surface area contributed by atoms with Crippen molar-refractivity contribution in [3.63, 3.8) is 0 Å². The van der Waals surface area contributed by atoms with Gasteiger partial charge in [-0.25, -0.2) is 4.39 Å². The van der Waals surface area contributed by atoms with Gasteiger partial charge in [-0.3, -0.25) is 0 Å². The van der Waals surface area contributed by atoms with Gasteiger partial charge in [0, 0.05) is 12.1 Å². The summed E-state index contributed by atoms with van der Waals surface area (Å²) in [5, 5.41) is 0.503. The topological polar surface area (TPSA) is 35.2 Å². The second-order valence-corrected chi connectivity index (χ2v) is 6.02. The molecule has 4 heteroatoms. The van der Waals surface area contributed by atoms with E-state index < -0.39 is 11.6 Å². The molecule has 19 heavy (non-hydrogen) atoms. The van der Waals surface area contributed by atoms with Crippen molar-refractivity contribution >= 4 is 11.6 Å². The quantitative estimate of drug-likeness (QED) is 0.908. The van der Waals surface area contributed by atoms with Crippen LogP contribution in [0.4, 0.5) is 4.39 Å². The normalized spacial score (nSPS) is 29.2. The Bertz CT molecular complexity index is 454. The molecule has 2 N–H and O–H groups in total. The second kappa shape index (κ2) is 5.78. The lowest BCUT2D eigenvalue weighted by atomic mass is 9.73. The summed E-state index contributed by atoms with van der Waals surface area (Å²) in [6.45, 7) is 2.20. The Balaban J connectivity index is 2.34. The monoisotopic (exact) mass is 285 g/mol. The van der Waals surface area contributed by atoms with Crippen molar-refractivity contribution in [2.24, 2.45) is 11.7 Å². The van der Waals surface area contributed by atoms with Crippen molar-refractivity contribution in [3.05, 3.63) is 34.6 Å². The first-order valence-corrected chi connectivity index (χ1v) is 7.12. The van der Waals surface area contributed by atoms with E-state index in [1.807, 2.05) is 0 Å². The third kappa shape index (κ3) is 2.93. The van der Waals surface area contributed by atoms with Crippen LogP contribution < -0.4 is 5.73 Å². The zero-order valence-electron chi connectivity index (χ0n) is 11.5. The van der Waals surface area contributed by atoms with E-state index in [1.165, 1.54) is 18.6 Å². The maximum absolute atomic E-state index is 13.4. The van der Waals surface area contributed by atoms with E-state index in [1.54, 1.807) is 13.2 Å². The van der Waals surface area contributed by atoms with Gasteiger partial charge in [-0.2, -0.15) is 0 Å². The Hall–Kier alpha value is -0.640. The fourth-order valence-corrected chi connectivity index (χ4v) is 3.41. The van der Waals surface area contributed by atoms with E-state index in [9.17, 15) is 4.39 Å². The lowest BCUT2D eigenvalue weighted by molar-refractivity contribution is -0.0718. The SMILES string of the molecule is COC1(C(N)c2cc(F)ccc2Cl)CCCC(C)C1. The highest BCUT2D eigenvalue weighted by Crippen LogP contribution is 2.43. The minimum absolute atomic E-state index is 0.315. The van der Waals surface area contributed by atoms with Crippen LogP contribution in [-0.4, -0.2) is 12.7 Å². The molecule has 0 spiro atoms. The van der Waals surface area contributed by atoms with E-state index in [0.717, 1.165) is 19.3 Å². The Kier molecular flexibility index (Phi) is 4.49. The third-order valence-electron chi connectivity index (χ3n) is 4.26. The highest BCUT2D eigenvalue weighted by atomic mass is 35.5. The zero-order valence-corrected chi connectivity index (χ0v) is 12.2. The fraction of sp³-hybridized carbons (Fsp3) is 0.600. The van der Waals surface area contributed by atoms with Crippen LogP contribution in [0.25, 0.3) is 0 Å². The predicted molar refractivity (Wildman–Crippen MR) is 75.7 cm³/mol. The third-order valence-corrected chi connectivity index (χ3v) is 4.60. The summed E-state index contributed by atoms with van der Waals surface area (Å²) < 4.78 is 19.2. The molecular formula is C15H21ClFNO. The average Bonchev–Trinajstić information content (AvgIpc) is 2.40. The molecule has 106 valence electrons. The van der Waals surface area contributed by atoms with E-state index in [-0.39, 0.29) is 5.82 Å². The number of rotatable bonds is 3. The van der Waals surface area contributed by atoms with Gasteiger partial charge in [0.05, 0.1) is 11.6 Å². The van der Waals surface area contributed by atoms with Gasteiger partial charge in [0.2, 0.25) is 0 Å². The molecule has 3 atom stereocenters. The van der Waals surface area contributed by atoms with Crippen molar-refractivity contribution < 1.29 is 9.13 Å². The van der Waals surface area contributed by atoms with E-state index in [4.69, 9.17) is 22.1 Å². The lowest BCUT2D eigenvalue weighted by Crippen LogP contribution is -2.46. The first-order valence-electron chi connectivity index (χ1n) is 6.74. The van der Waals surface area contributed by atoms with Crippen molar-refractivity contribution in [1.82, 2.24) is 0 Å². The molecule has 0 aliphatic heterocycles. The molecule has 1 aliphatic carbocycles. The molecule has 1 aromatic rings. The van der Waals surface area contributed by atoms with Crippen molar-refractivity contribution in [1.29, 1.82) is 0 Å². The van der Waals surface area contributed by atoms with Gasteiger partial charge >= 0.3 is 0 Å². The van der Waals surface area contributed by atoms with Crippen LogP contribution in [0.2, 0.25) is 5.02 Å². The number of nitrogens with two attached hydrogens (primary N) is 1. The van der Waals surface area contributed by atoms with Crippen LogP contribution >= 0.6 is 11.6 Å². The Morgan fingerprint density at radius 1 is 1.53 bits per heavy atom. The Labute approximate surface area is 119 Å². The van der Waals surface area contributed by atoms with Crippen LogP contribution in [0.5, 0.6) is 0 Å². The number of benzene rings is 1. The van der Waals surface area contributed by atoms with E-state index in [2.05, 4.69) is 6.92 Å². The molecule has 3 unspecified atom stereocenters. The largest absolute Gasteiger partial charge is 0.376 e. The van der Waals surface area contributed by atoms with E-state index >= 15 is 0 Å². The zero-order chi connectivity index (χ0) is 14.0. The van der Waals surface area contributed by atoms with Crippen LogP contribution in [-0.2, 0) is 4.74 Å². The molecule has 1 saturated carbocycles. The number of hydrogen-bond donors (Lipinski definition) is 1. The van der Waals surface area contributed by atoms with Gasteiger partial charge in [-0.1, -0.05) is 31.4 Å². The van der Waals surface area contributed by atoms with Crippen molar-refractivity contribution in [2.75, 3.05) is 7.11 Å². The standard InChI is InChI=1S/C15H21ClFNO/c1-10-4-3-7-15(9-10,19-2)14(18)12-8-11(17)5-6-13(12)16/h5-6,8,10,14H,3-4,7,9,18H2,1-2H3. The van der Waals surface area contributed by atoms with Crippen molar-refractivity contribution in [2.45, 2.75) is 44.2 Å².